The first-order valence-electron chi connectivity index (χ1n) is 6.29. The predicted octanol–water partition coefficient (Wildman–Crippen LogP) is 2.94. The highest BCUT2D eigenvalue weighted by atomic mass is 31.1. The molecule has 5 nitrogen and oxygen atoms in total. The highest BCUT2D eigenvalue weighted by Crippen LogP contribution is 2.24. The van der Waals surface area contributed by atoms with Crippen molar-refractivity contribution < 1.29 is 13.6 Å². The van der Waals surface area contributed by atoms with Crippen LogP contribution in [0.15, 0.2) is 50.6 Å². The van der Waals surface area contributed by atoms with E-state index in [2.05, 4.69) is 26.3 Å². The number of hydrogen-bond donors (Lipinski definition) is 0. The van der Waals surface area contributed by atoms with Crippen LogP contribution in [-0.4, -0.2) is 49.4 Å². The third kappa shape index (κ3) is 9.78. The fourth-order valence-corrected chi connectivity index (χ4v) is 1.97. The Morgan fingerprint density at radius 1 is 0.750 bits per heavy atom. The summed E-state index contributed by atoms with van der Waals surface area (Å²) in [6.45, 7) is 17.5. The maximum Gasteiger partial charge on any atom is 0.700 e. The second kappa shape index (κ2) is 12.9. The minimum atomic E-state index is -2.16. The molecular weight excluding hydrogens is 275 g/mol. The minimum Gasteiger partial charge on any atom is -0.269 e. The van der Waals surface area contributed by atoms with E-state index in [1.54, 1.807) is 24.3 Å². The summed E-state index contributed by atoms with van der Waals surface area (Å²) in [5.74, 6) is 0. The molecule has 0 N–H and O–H groups in total. The van der Waals surface area contributed by atoms with E-state index in [4.69, 9.17) is 9.05 Å². The maximum absolute atomic E-state index is 11.6. The first kappa shape index (κ1) is 18.9. The minimum absolute atomic E-state index is 0.205. The molecule has 0 aliphatic rings. The Balaban J connectivity index is 4.01. The Morgan fingerprint density at radius 2 is 1.05 bits per heavy atom. The topological polar surface area (TPSA) is 42.0 Å². The molecule has 0 saturated heterocycles. The van der Waals surface area contributed by atoms with E-state index in [0.29, 0.717) is 26.2 Å². The van der Waals surface area contributed by atoms with Gasteiger partial charge in [0, 0.05) is 30.7 Å². The first-order chi connectivity index (χ1) is 9.67. The lowest BCUT2D eigenvalue weighted by atomic mass is 10.5. The molecule has 0 radical (unpaired) electrons. The molecule has 0 fully saturated rings. The van der Waals surface area contributed by atoms with Gasteiger partial charge in [-0.3, -0.25) is 9.80 Å². The van der Waals surface area contributed by atoms with Crippen LogP contribution in [0.2, 0.25) is 0 Å². The van der Waals surface area contributed by atoms with Crippen molar-refractivity contribution in [2.45, 2.75) is 0 Å². The number of rotatable bonds is 14. The van der Waals surface area contributed by atoms with Crippen LogP contribution in [-0.2, 0) is 13.6 Å². The van der Waals surface area contributed by atoms with Crippen molar-refractivity contribution in [2.75, 3.05) is 39.6 Å². The second-order valence-corrected chi connectivity index (χ2v) is 4.93. The molecule has 112 valence electrons. The SMILES string of the molecule is C=CCN(CC=C)CO[P+](=O)OCN(CC=C)CC=C. The number of hydrogen-bond acceptors (Lipinski definition) is 5. The van der Waals surface area contributed by atoms with Gasteiger partial charge in [-0.2, -0.15) is 0 Å². The van der Waals surface area contributed by atoms with Gasteiger partial charge in [0.2, 0.25) is 0 Å². The molecule has 0 spiro atoms. The molecule has 0 aromatic carbocycles. The van der Waals surface area contributed by atoms with E-state index in [9.17, 15) is 4.57 Å². The average molecular weight is 299 g/mol. The molecule has 20 heavy (non-hydrogen) atoms. The molecule has 0 heterocycles. The van der Waals surface area contributed by atoms with Crippen LogP contribution in [0, 0.1) is 0 Å². The Morgan fingerprint density at radius 3 is 1.30 bits per heavy atom. The van der Waals surface area contributed by atoms with Crippen LogP contribution in [0.4, 0.5) is 0 Å². The van der Waals surface area contributed by atoms with Crippen molar-refractivity contribution in [3.63, 3.8) is 0 Å². The van der Waals surface area contributed by atoms with E-state index in [1.807, 2.05) is 9.80 Å². The molecule has 0 aromatic rings. The van der Waals surface area contributed by atoms with Gasteiger partial charge in [0.1, 0.15) is 0 Å². The summed E-state index contributed by atoms with van der Waals surface area (Å²) in [6, 6.07) is 0. The molecule has 0 saturated carbocycles. The van der Waals surface area contributed by atoms with Crippen LogP contribution >= 0.6 is 8.25 Å². The van der Waals surface area contributed by atoms with Gasteiger partial charge in [-0.1, -0.05) is 24.3 Å². The Labute approximate surface area is 122 Å². The van der Waals surface area contributed by atoms with E-state index in [1.165, 1.54) is 0 Å². The Bertz CT molecular complexity index is 284. The first-order valence-corrected chi connectivity index (χ1v) is 7.38. The standard InChI is InChI=1S/C14H24N2O3P/c1-5-9-15(10-6-2)13-18-20(17)19-14-16(11-7-3)12-8-4/h5-8H,1-4,9-14H2/q+1. The largest absolute Gasteiger partial charge is 0.700 e. The summed E-state index contributed by atoms with van der Waals surface area (Å²) in [7, 11) is -2.16. The lowest BCUT2D eigenvalue weighted by Gasteiger charge is -2.15. The van der Waals surface area contributed by atoms with Crippen LogP contribution in [0.5, 0.6) is 0 Å². The van der Waals surface area contributed by atoms with Crippen LogP contribution in [0.3, 0.4) is 0 Å². The van der Waals surface area contributed by atoms with Crippen LogP contribution in [0.25, 0.3) is 0 Å². The van der Waals surface area contributed by atoms with Gasteiger partial charge in [0.05, 0.1) is 0 Å². The summed E-state index contributed by atoms with van der Waals surface area (Å²) in [5.41, 5.74) is 0. The van der Waals surface area contributed by atoms with Gasteiger partial charge >= 0.3 is 8.25 Å². The van der Waals surface area contributed by atoms with Gasteiger partial charge < -0.3 is 0 Å². The Hall–Kier alpha value is -1.10. The van der Waals surface area contributed by atoms with Crippen molar-refractivity contribution in [3.05, 3.63) is 50.6 Å². The van der Waals surface area contributed by atoms with Crippen LogP contribution in [0.1, 0.15) is 0 Å². The van der Waals surface area contributed by atoms with Gasteiger partial charge in [0.15, 0.2) is 13.5 Å². The lowest BCUT2D eigenvalue weighted by molar-refractivity contribution is 0.0987. The van der Waals surface area contributed by atoms with E-state index in [-0.39, 0.29) is 13.5 Å². The molecule has 0 unspecified atom stereocenters. The van der Waals surface area contributed by atoms with E-state index >= 15 is 0 Å². The fraction of sp³-hybridized carbons (Fsp3) is 0.429. The summed E-state index contributed by atoms with van der Waals surface area (Å²) in [6.07, 6.45) is 6.99. The summed E-state index contributed by atoms with van der Waals surface area (Å²) < 4.78 is 21.9. The fourth-order valence-electron chi connectivity index (χ4n) is 1.39. The van der Waals surface area contributed by atoms with Crippen molar-refractivity contribution >= 4 is 8.25 Å². The average Bonchev–Trinajstić information content (AvgIpc) is 2.43. The normalized spacial score (nSPS) is 10.5. The molecule has 0 rings (SSSR count). The van der Waals surface area contributed by atoms with Gasteiger partial charge in [-0.25, -0.2) is 0 Å². The molecule has 0 atom stereocenters. The van der Waals surface area contributed by atoms with Gasteiger partial charge in [0.25, 0.3) is 0 Å². The number of nitrogens with zero attached hydrogens (tertiary/aromatic N) is 2. The quantitative estimate of drug-likeness (QED) is 0.280. The third-order valence-corrected chi connectivity index (χ3v) is 2.89. The molecule has 0 amide bonds. The monoisotopic (exact) mass is 299 g/mol. The molecule has 0 aliphatic carbocycles. The van der Waals surface area contributed by atoms with Crippen molar-refractivity contribution in [2.24, 2.45) is 0 Å². The smallest absolute Gasteiger partial charge is 0.269 e. The van der Waals surface area contributed by atoms with Crippen molar-refractivity contribution in [1.82, 2.24) is 9.80 Å². The van der Waals surface area contributed by atoms with Gasteiger partial charge in [-0.05, 0) is 0 Å². The third-order valence-electron chi connectivity index (χ3n) is 2.24. The summed E-state index contributed by atoms with van der Waals surface area (Å²) in [4.78, 5) is 3.78. The Kier molecular flexibility index (Phi) is 12.2. The maximum atomic E-state index is 11.6. The lowest BCUT2D eigenvalue weighted by Crippen LogP contribution is -2.27. The highest BCUT2D eigenvalue weighted by Gasteiger charge is 2.22. The zero-order valence-corrected chi connectivity index (χ0v) is 12.8. The molecule has 6 heteroatoms. The van der Waals surface area contributed by atoms with E-state index < -0.39 is 8.25 Å². The predicted molar refractivity (Wildman–Crippen MR) is 83.4 cm³/mol. The zero-order chi connectivity index (χ0) is 15.2. The van der Waals surface area contributed by atoms with Crippen molar-refractivity contribution in [3.8, 4) is 0 Å². The molecule has 0 bridgehead atoms. The molecule has 0 aromatic heterocycles. The van der Waals surface area contributed by atoms with Gasteiger partial charge in [-0.15, -0.1) is 35.4 Å². The summed E-state index contributed by atoms with van der Waals surface area (Å²) >= 11 is 0. The second-order valence-electron chi connectivity index (χ2n) is 3.97. The molecular formula is C14H24N2O3P+. The van der Waals surface area contributed by atoms with Crippen LogP contribution < -0.4 is 0 Å². The zero-order valence-electron chi connectivity index (χ0n) is 11.9. The van der Waals surface area contributed by atoms with E-state index in [0.717, 1.165) is 0 Å². The highest BCUT2D eigenvalue weighted by molar-refractivity contribution is 7.33. The van der Waals surface area contributed by atoms with Crippen molar-refractivity contribution in [1.29, 1.82) is 0 Å². The molecule has 0 aliphatic heterocycles. The summed E-state index contributed by atoms with van der Waals surface area (Å²) in [5, 5.41) is 0.